The van der Waals surface area contributed by atoms with Crippen LogP contribution in [-0.4, -0.2) is 147 Å². The van der Waals surface area contributed by atoms with Gasteiger partial charge in [0.15, 0.2) is 24.8 Å². The number of nitrogens with zero attached hydrogens (tertiary/aromatic N) is 10. The lowest BCUT2D eigenvalue weighted by Gasteiger charge is -2.07. The van der Waals surface area contributed by atoms with E-state index in [9.17, 15) is 22.0 Å². The summed E-state index contributed by atoms with van der Waals surface area (Å²) in [5.41, 5.74) is 22.6. The van der Waals surface area contributed by atoms with Crippen LogP contribution in [0.3, 0.4) is 0 Å². The molecule has 0 fully saturated rings. The van der Waals surface area contributed by atoms with Crippen molar-refractivity contribution < 1.29 is 59.8 Å². The molecule has 0 radical (unpaired) electrons. The van der Waals surface area contributed by atoms with Crippen molar-refractivity contribution >= 4 is 133 Å². The maximum Gasteiger partial charge on any atom is 0.228 e. The molecule has 10 aromatic carbocycles. The number of halogens is 5. The number of rotatable bonds is 34. The van der Waals surface area contributed by atoms with Gasteiger partial charge in [-0.1, -0.05) is 213 Å². The summed E-state index contributed by atoms with van der Waals surface area (Å²) in [6.07, 6.45) is 16.0. The summed E-state index contributed by atoms with van der Waals surface area (Å²) < 4.78 is 119. The van der Waals surface area contributed by atoms with Crippen LogP contribution in [-0.2, 0) is 46.3 Å². The number of aromatic nitrogens is 10. The molecule has 10 heterocycles. The Bertz CT molecular complexity index is 7040. The number of thiazole rings is 5. The van der Waals surface area contributed by atoms with Crippen molar-refractivity contribution in [1.29, 1.82) is 0 Å². The van der Waals surface area contributed by atoms with Gasteiger partial charge in [-0.15, -0.1) is 0 Å². The van der Waals surface area contributed by atoms with E-state index in [0.717, 1.165) is 182 Å². The topological polar surface area (TPSA) is 160 Å². The van der Waals surface area contributed by atoms with Gasteiger partial charge in [0.25, 0.3) is 0 Å². The van der Waals surface area contributed by atoms with E-state index in [-0.39, 0.29) is 26.5 Å². The van der Waals surface area contributed by atoms with Gasteiger partial charge in [0, 0.05) is 65.2 Å². The zero-order chi connectivity index (χ0) is 89.0. The number of benzene rings is 10. The second-order valence-electron chi connectivity index (χ2n) is 29.9. The average molecular weight is 1830 g/mol. The van der Waals surface area contributed by atoms with E-state index in [4.69, 9.17) is 62.8 Å². The number of alkyl halides is 5. The van der Waals surface area contributed by atoms with Crippen molar-refractivity contribution in [1.82, 2.24) is 46.9 Å². The first-order valence-electron chi connectivity index (χ1n) is 43.1. The van der Waals surface area contributed by atoms with Gasteiger partial charge in [-0.3, -0.25) is 26.4 Å². The maximum absolute atomic E-state index is 12.3. The molecule has 20 rings (SSSR count). The molecule has 0 saturated carbocycles. The first kappa shape index (κ1) is 90.2. The summed E-state index contributed by atoms with van der Waals surface area (Å²) in [6, 6.07) is 72.2. The Hall–Kier alpha value is -12.1. The van der Waals surface area contributed by atoms with Gasteiger partial charge in [-0.05, 0) is 151 Å². The van der Waals surface area contributed by atoms with Crippen molar-refractivity contribution in [2.45, 2.75) is 73.1 Å². The standard InChI is InChI=1S/C23H25FN2O3S.C21H21FN2O2S.C20H19FN2OS.C19H17FN2OS.C18H15FN2OS/c1-2-17-3-5-18(6-4-17)20-16-26-21-8-7-19(15-22(21)30-23(26)25-20)29-14-13-28-12-11-27-10-9-24;1-2-15-3-5-16(6-4-15)18-14-24-19-8-7-17(26-12-11-25-10-9-22)13-20(19)27-21(24)23-18;1-2-14-4-6-15(7-5-14)17-13-23-18-9-8-16(24-11-3-10-21)12-19(18)25-20(23)22-17;1-2-13-3-5-14(6-4-13)16-12-22-17-8-7-15(23-10-9-20)11-18(17)24-19(22)21-16;1-2-12-3-5-13(6-4-12)15-10-21-16-8-7-14(22-11-19)9-17(16)23-18(21)20-15/h3-8,15-16H,2,9-14H2,1H3;3-8,13-14H,2,9-12H2,1H3;4-9,12-13H,2-3,10-11H2,1H3;3-8,11-12H,2,9-10H2,1H3;3-10H,2,11H2,1H3. The minimum atomic E-state index is -0.814. The van der Waals surface area contributed by atoms with Gasteiger partial charge in [-0.2, -0.15) is 0 Å². The van der Waals surface area contributed by atoms with Crippen molar-refractivity contribution in [3.63, 3.8) is 0 Å². The molecule has 0 amide bonds. The quantitative estimate of drug-likeness (QED) is 0.0277. The monoisotopic (exact) mass is 1830 g/mol. The summed E-state index contributed by atoms with van der Waals surface area (Å²) >= 11 is 8.11. The summed E-state index contributed by atoms with van der Waals surface area (Å²) in [6.45, 7) is 11.5. The molecule has 0 aliphatic rings. The first-order valence-corrected chi connectivity index (χ1v) is 47.2. The van der Waals surface area contributed by atoms with Crippen LogP contribution >= 0.6 is 56.7 Å². The van der Waals surface area contributed by atoms with Crippen LogP contribution in [0.1, 0.15) is 68.9 Å². The molecule has 0 bridgehead atoms. The van der Waals surface area contributed by atoms with Crippen molar-refractivity contribution in [2.24, 2.45) is 0 Å². The molecule has 0 aliphatic heterocycles. The third-order valence-corrected chi connectivity index (χ3v) is 26.6. The molecule has 0 saturated heterocycles. The summed E-state index contributed by atoms with van der Waals surface area (Å²) in [5, 5.41) is 0. The number of imidazole rings is 5. The molecule has 0 unspecified atom stereocenters. The highest BCUT2D eigenvalue weighted by atomic mass is 32.1. The van der Waals surface area contributed by atoms with Crippen LogP contribution in [0, 0.1) is 0 Å². The van der Waals surface area contributed by atoms with Crippen LogP contribution in [0.15, 0.2) is 243 Å². The van der Waals surface area contributed by atoms with Gasteiger partial charge < -0.3 is 37.9 Å². The van der Waals surface area contributed by atoms with Crippen molar-refractivity contribution in [3.8, 4) is 85.0 Å². The summed E-state index contributed by atoms with van der Waals surface area (Å²) in [7, 11) is 0. The van der Waals surface area contributed by atoms with Crippen LogP contribution in [0.25, 0.3) is 132 Å². The highest BCUT2D eigenvalue weighted by Crippen LogP contribution is 2.39. The second kappa shape index (κ2) is 43.8. The lowest BCUT2D eigenvalue weighted by Crippen LogP contribution is -2.11. The van der Waals surface area contributed by atoms with E-state index in [2.05, 4.69) is 209 Å². The molecule has 0 N–H and O–H groups in total. The van der Waals surface area contributed by atoms with E-state index in [1.54, 1.807) is 62.8 Å². The first-order chi connectivity index (χ1) is 63.4. The normalized spacial score (nSPS) is 11.5. The largest absolute Gasteiger partial charge is 0.493 e. The molecule has 129 heavy (non-hydrogen) atoms. The summed E-state index contributed by atoms with van der Waals surface area (Å²) in [4.78, 5) is 28.6. The molecule has 28 heteroatoms. The Labute approximate surface area is 762 Å². The van der Waals surface area contributed by atoms with E-state index in [1.165, 1.54) is 27.8 Å². The molecule has 664 valence electrons. The lowest BCUT2D eigenvalue weighted by atomic mass is 10.1. The number of aryl methyl sites for hydroxylation is 5. The van der Waals surface area contributed by atoms with Gasteiger partial charge in [-0.25, -0.2) is 42.5 Å². The van der Waals surface area contributed by atoms with Crippen LogP contribution in [0.5, 0.6) is 28.7 Å². The lowest BCUT2D eigenvalue weighted by molar-refractivity contribution is 0.0325. The van der Waals surface area contributed by atoms with E-state index < -0.39 is 26.9 Å². The Kier molecular flexibility index (Phi) is 30.6. The molecule has 20 aromatic rings. The van der Waals surface area contributed by atoms with Crippen LogP contribution < -0.4 is 23.7 Å². The fraction of sp³-hybridized carbons (Fsp3) is 0.257. The number of hydrogen-bond donors (Lipinski definition) is 0. The molecular weight excluding hydrogens is 1740 g/mol. The Morgan fingerprint density at radius 3 is 0.698 bits per heavy atom. The number of hydrogen-bond acceptors (Lipinski definition) is 18. The molecule has 0 atom stereocenters. The average Bonchev–Trinajstić information content (AvgIpc) is 1.64. The molecule has 10 aromatic heterocycles. The highest BCUT2D eigenvalue weighted by molar-refractivity contribution is 7.25. The van der Waals surface area contributed by atoms with E-state index >= 15 is 0 Å². The zero-order valence-electron chi connectivity index (χ0n) is 72.1. The Morgan fingerprint density at radius 2 is 0.465 bits per heavy atom. The van der Waals surface area contributed by atoms with Gasteiger partial charge in [0.2, 0.25) is 6.86 Å². The van der Waals surface area contributed by atoms with E-state index in [0.29, 0.717) is 64.2 Å². The summed E-state index contributed by atoms with van der Waals surface area (Å²) in [5.74, 6) is 3.60. The maximum atomic E-state index is 12.3. The minimum Gasteiger partial charge on any atom is -0.493 e. The fourth-order valence-corrected chi connectivity index (χ4v) is 19.7. The Morgan fingerprint density at radius 1 is 0.240 bits per heavy atom. The van der Waals surface area contributed by atoms with Gasteiger partial charge in [0.1, 0.15) is 68.6 Å². The molecule has 0 spiro atoms. The fourth-order valence-electron chi connectivity index (χ4n) is 14.5. The predicted molar refractivity (Wildman–Crippen MR) is 517 cm³/mol. The third kappa shape index (κ3) is 21.9. The van der Waals surface area contributed by atoms with Gasteiger partial charge in [0.05, 0.1) is 132 Å². The number of ether oxygens (including phenoxy) is 8. The molecular formula is C101H97F5N10O8S5. The SMILES string of the molecule is CCc1ccc(-c2cn3c(n2)sc2cc(OCCCF)ccc23)cc1.CCc1ccc(-c2cn3c(n2)sc2cc(OCCF)ccc23)cc1.CCc1ccc(-c2cn3c(n2)sc2cc(OCCOCCF)ccc23)cc1.CCc1ccc(-c2cn3c(n2)sc2cc(OCCOCCOCCF)ccc23)cc1.CCc1ccc(-c2cn3c(n2)sc2cc(OCF)ccc23)cc1. The van der Waals surface area contributed by atoms with Crippen LogP contribution in [0.4, 0.5) is 22.0 Å². The molecule has 18 nitrogen and oxygen atoms in total. The Balaban J connectivity index is 0.000000119. The van der Waals surface area contributed by atoms with Crippen LogP contribution in [0.2, 0.25) is 0 Å². The zero-order valence-corrected chi connectivity index (χ0v) is 76.2. The van der Waals surface area contributed by atoms with Gasteiger partial charge >= 0.3 is 0 Å². The third-order valence-electron chi connectivity index (χ3n) is 21.5. The van der Waals surface area contributed by atoms with Crippen molar-refractivity contribution in [2.75, 3.05) is 99.6 Å². The van der Waals surface area contributed by atoms with E-state index in [1.807, 2.05) is 85.1 Å². The second-order valence-corrected chi connectivity index (χ2v) is 34.9. The highest BCUT2D eigenvalue weighted by Gasteiger charge is 2.19. The van der Waals surface area contributed by atoms with Crippen molar-refractivity contribution in [3.05, 3.63) is 271 Å². The molecule has 0 aliphatic carbocycles. The smallest absolute Gasteiger partial charge is 0.228 e. The number of fused-ring (bicyclic) bond motifs is 15. The predicted octanol–water partition coefficient (Wildman–Crippen LogP) is 26.0. The minimum absolute atomic E-state index is 0.0892.